The summed E-state index contributed by atoms with van der Waals surface area (Å²) in [5.41, 5.74) is 1.27. The van der Waals surface area contributed by atoms with E-state index in [1.807, 2.05) is 32.3 Å². The predicted octanol–water partition coefficient (Wildman–Crippen LogP) is 1.97. The highest BCUT2D eigenvalue weighted by Gasteiger charge is 2.06. The van der Waals surface area contributed by atoms with E-state index in [4.69, 9.17) is 4.42 Å². The van der Waals surface area contributed by atoms with Crippen molar-refractivity contribution in [3.63, 3.8) is 0 Å². The third-order valence-corrected chi connectivity index (χ3v) is 3.11. The van der Waals surface area contributed by atoms with Crippen LogP contribution < -0.4 is 10.6 Å². The van der Waals surface area contributed by atoms with Gasteiger partial charge in [-0.2, -0.15) is 0 Å². The monoisotopic (exact) mass is 302 g/mol. The lowest BCUT2D eigenvalue weighted by Gasteiger charge is -2.10. The van der Waals surface area contributed by atoms with E-state index in [2.05, 4.69) is 20.5 Å². The molecule has 2 N–H and O–H groups in total. The van der Waals surface area contributed by atoms with Gasteiger partial charge in [0.25, 0.3) is 5.91 Å². The van der Waals surface area contributed by atoms with Gasteiger partial charge in [0.05, 0.1) is 24.7 Å². The van der Waals surface area contributed by atoms with E-state index in [9.17, 15) is 4.79 Å². The molecule has 0 unspecified atom stereocenters. The number of hydrogen-bond acceptors (Lipinski definition) is 5. The van der Waals surface area contributed by atoms with Crippen LogP contribution in [0.2, 0.25) is 0 Å². The summed E-state index contributed by atoms with van der Waals surface area (Å²) < 4.78 is 5.24. The second-order valence-electron chi connectivity index (χ2n) is 5.28. The minimum absolute atomic E-state index is 0.142. The van der Waals surface area contributed by atoms with E-state index >= 15 is 0 Å². The molecular formula is C16H22N4O2. The first-order chi connectivity index (χ1) is 10.6. The molecule has 0 aliphatic carbocycles. The number of carbonyl (C=O) groups is 1. The number of nitrogens with one attached hydrogen (secondary N) is 2. The van der Waals surface area contributed by atoms with Gasteiger partial charge in [-0.1, -0.05) is 0 Å². The number of rotatable bonds is 8. The van der Waals surface area contributed by atoms with Gasteiger partial charge in [0.1, 0.15) is 11.5 Å². The number of aromatic nitrogens is 1. The topological polar surface area (TPSA) is 70.4 Å². The fourth-order valence-electron chi connectivity index (χ4n) is 1.92. The summed E-state index contributed by atoms with van der Waals surface area (Å²) in [6, 6.07) is 7.30. The molecule has 118 valence electrons. The van der Waals surface area contributed by atoms with Gasteiger partial charge in [-0.25, -0.2) is 4.98 Å². The molecule has 6 nitrogen and oxygen atoms in total. The van der Waals surface area contributed by atoms with Gasteiger partial charge in [-0.3, -0.25) is 4.79 Å². The van der Waals surface area contributed by atoms with Crippen molar-refractivity contribution in [3.05, 3.63) is 48.2 Å². The molecule has 0 aromatic carbocycles. The van der Waals surface area contributed by atoms with Gasteiger partial charge in [0.15, 0.2) is 0 Å². The van der Waals surface area contributed by atoms with Crippen LogP contribution in [0, 0.1) is 0 Å². The first-order valence-corrected chi connectivity index (χ1v) is 7.30. The zero-order valence-corrected chi connectivity index (χ0v) is 13.0. The highest BCUT2D eigenvalue weighted by Crippen LogP contribution is 2.09. The van der Waals surface area contributed by atoms with Crippen LogP contribution in [0.5, 0.6) is 0 Å². The third kappa shape index (κ3) is 5.21. The molecule has 1 amide bonds. The van der Waals surface area contributed by atoms with E-state index in [1.54, 1.807) is 18.5 Å². The molecule has 0 aliphatic heterocycles. The van der Waals surface area contributed by atoms with Gasteiger partial charge >= 0.3 is 0 Å². The van der Waals surface area contributed by atoms with E-state index in [0.717, 1.165) is 24.4 Å². The van der Waals surface area contributed by atoms with E-state index in [-0.39, 0.29) is 5.91 Å². The van der Waals surface area contributed by atoms with Crippen LogP contribution in [0.25, 0.3) is 0 Å². The summed E-state index contributed by atoms with van der Waals surface area (Å²) in [6.07, 6.45) is 4.21. The summed E-state index contributed by atoms with van der Waals surface area (Å²) in [5, 5.41) is 6.05. The minimum atomic E-state index is -0.142. The molecule has 22 heavy (non-hydrogen) atoms. The molecule has 0 saturated carbocycles. The molecular weight excluding hydrogens is 280 g/mol. The number of hydrogen-bond donors (Lipinski definition) is 2. The Balaban J connectivity index is 1.76. The van der Waals surface area contributed by atoms with Gasteiger partial charge < -0.3 is 20.0 Å². The summed E-state index contributed by atoms with van der Waals surface area (Å²) in [7, 11) is 4.02. The zero-order valence-electron chi connectivity index (χ0n) is 13.0. The van der Waals surface area contributed by atoms with Crippen LogP contribution in [0.4, 0.5) is 5.69 Å². The molecule has 2 rings (SSSR count). The molecule has 0 atom stereocenters. The maximum atomic E-state index is 11.9. The molecule has 6 heteroatoms. The Bertz CT molecular complexity index is 564. The predicted molar refractivity (Wildman–Crippen MR) is 85.8 cm³/mol. The Labute approximate surface area is 130 Å². The summed E-state index contributed by atoms with van der Waals surface area (Å²) >= 11 is 0. The average Bonchev–Trinajstić information content (AvgIpc) is 3.03. The second kappa shape index (κ2) is 8.19. The fourth-order valence-corrected chi connectivity index (χ4v) is 1.92. The van der Waals surface area contributed by atoms with Crippen molar-refractivity contribution in [3.8, 4) is 0 Å². The number of nitrogens with zero attached hydrogens (tertiary/aromatic N) is 2. The Kier molecular flexibility index (Phi) is 5.97. The van der Waals surface area contributed by atoms with Crippen LogP contribution in [0.3, 0.4) is 0 Å². The summed E-state index contributed by atoms with van der Waals surface area (Å²) in [6.45, 7) is 2.19. The molecule has 0 saturated heterocycles. The van der Waals surface area contributed by atoms with Crippen LogP contribution in [0.15, 0.2) is 41.1 Å². The van der Waals surface area contributed by atoms with Crippen molar-refractivity contribution >= 4 is 11.6 Å². The third-order valence-electron chi connectivity index (χ3n) is 3.11. The SMILES string of the molecule is CN(C)CCCNC(=O)c1ccc(NCc2ccco2)cn1. The first kappa shape index (κ1) is 16.0. The van der Waals surface area contributed by atoms with Gasteiger partial charge in [0, 0.05) is 6.54 Å². The Morgan fingerprint density at radius 2 is 2.18 bits per heavy atom. The Hall–Kier alpha value is -2.34. The lowest BCUT2D eigenvalue weighted by molar-refractivity contribution is 0.0947. The summed E-state index contributed by atoms with van der Waals surface area (Å²) in [4.78, 5) is 18.2. The molecule has 0 fully saturated rings. The maximum absolute atomic E-state index is 11.9. The van der Waals surface area contributed by atoms with Crippen LogP contribution in [0.1, 0.15) is 22.7 Å². The molecule has 2 aromatic heterocycles. The molecule has 0 spiro atoms. The Morgan fingerprint density at radius 1 is 1.32 bits per heavy atom. The van der Waals surface area contributed by atoms with Crippen LogP contribution in [-0.2, 0) is 6.54 Å². The quantitative estimate of drug-likeness (QED) is 0.730. The number of pyridine rings is 1. The van der Waals surface area contributed by atoms with Crippen LogP contribution in [-0.4, -0.2) is 43.0 Å². The highest BCUT2D eigenvalue weighted by atomic mass is 16.3. The molecule has 0 aliphatic rings. The number of carbonyl (C=O) groups excluding carboxylic acids is 1. The van der Waals surface area contributed by atoms with Gasteiger partial charge in [-0.15, -0.1) is 0 Å². The van der Waals surface area contributed by atoms with Crippen molar-refractivity contribution in [1.82, 2.24) is 15.2 Å². The van der Waals surface area contributed by atoms with E-state index in [0.29, 0.717) is 18.8 Å². The smallest absolute Gasteiger partial charge is 0.269 e. The first-order valence-electron chi connectivity index (χ1n) is 7.30. The largest absolute Gasteiger partial charge is 0.467 e. The lowest BCUT2D eigenvalue weighted by Crippen LogP contribution is -2.27. The molecule has 0 radical (unpaired) electrons. The molecule has 2 aromatic rings. The number of amides is 1. The van der Waals surface area contributed by atoms with Crippen molar-refractivity contribution in [2.24, 2.45) is 0 Å². The normalized spacial score (nSPS) is 10.7. The fraction of sp³-hybridized carbons (Fsp3) is 0.375. The van der Waals surface area contributed by atoms with E-state index < -0.39 is 0 Å². The van der Waals surface area contributed by atoms with Crippen molar-refractivity contribution in [2.75, 3.05) is 32.5 Å². The number of furan rings is 1. The van der Waals surface area contributed by atoms with Crippen molar-refractivity contribution in [2.45, 2.75) is 13.0 Å². The van der Waals surface area contributed by atoms with Crippen LogP contribution >= 0.6 is 0 Å². The lowest BCUT2D eigenvalue weighted by atomic mass is 10.3. The van der Waals surface area contributed by atoms with Crippen molar-refractivity contribution < 1.29 is 9.21 Å². The van der Waals surface area contributed by atoms with E-state index in [1.165, 1.54) is 0 Å². The van der Waals surface area contributed by atoms with Gasteiger partial charge in [0.2, 0.25) is 0 Å². The zero-order chi connectivity index (χ0) is 15.8. The molecule has 2 heterocycles. The van der Waals surface area contributed by atoms with Gasteiger partial charge in [-0.05, 0) is 51.3 Å². The average molecular weight is 302 g/mol. The molecule has 0 bridgehead atoms. The second-order valence-corrected chi connectivity index (χ2v) is 5.28. The van der Waals surface area contributed by atoms with Crippen molar-refractivity contribution in [1.29, 1.82) is 0 Å². The highest BCUT2D eigenvalue weighted by molar-refractivity contribution is 5.92. The summed E-state index contributed by atoms with van der Waals surface area (Å²) in [5.74, 6) is 0.707. The standard InChI is InChI=1S/C16H22N4O2/c1-20(2)9-4-8-17-16(21)15-7-6-13(11-19-15)18-12-14-5-3-10-22-14/h3,5-7,10-11,18H,4,8-9,12H2,1-2H3,(H,17,21). The Morgan fingerprint density at radius 3 is 2.82 bits per heavy atom. The maximum Gasteiger partial charge on any atom is 0.269 e. The minimum Gasteiger partial charge on any atom is -0.467 e. The number of anilines is 1.